The molecule has 3 aliphatic heterocycles. The van der Waals surface area contributed by atoms with E-state index in [0.29, 0.717) is 11.6 Å². The van der Waals surface area contributed by atoms with Gasteiger partial charge in [-0.2, -0.15) is 8.42 Å². The fraction of sp³-hybridized carbons (Fsp3) is 0.381. The third kappa shape index (κ3) is 3.92. The lowest BCUT2D eigenvalue weighted by Gasteiger charge is -2.45. The molecule has 2 bridgehead atoms. The molecule has 1 atom stereocenters. The maximum absolute atomic E-state index is 12.6. The molecule has 0 saturated carbocycles. The van der Waals surface area contributed by atoms with Gasteiger partial charge in [-0.1, -0.05) is 53.2 Å². The summed E-state index contributed by atoms with van der Waals surface area (Å²) in [7, 11) is -3.94. The van der Waals surface area contributed by atoms with E-state index in [4.69, 9.17) is 4.28 Å². The normalized spacial score (nSPS) is 25.4. The van der Waals surface area contributed by atoms with Gasteiger partial charge in [0.25, 0.3) is 0 Å². The highest BCUT2D eigenvalue weighted by atomic mass is 32.2. The van der Waals surface area contributed by atoms with Crippen molar-refractivity contribution in [2.75, 3.05) is 13.1 Å². The molecular formula is C21H24N2O3S. The summed E-state index contributed by atoms with van der Waals surface area (Å²) in [5.74, 6) is 0.683. The van der Waals surface area contributed by atoms with Gasteiger partial charge in [0.05, 0.1) is 6.04 Å². The average Bonchev–Trinajstić information content (AvgIpc) is 2.70. The van der Waals surface area contributed by atoms with Crippen molar-refractivity contribution in [2.24, 2.45) is 11.1 Å². The predicted octanol–water partition coefficient (Wildman–Crippen LogP) is 3.59. The zero-order valence-electron chi connectivity index (χ0n) is 15.4. The molecule has 1 unspecified atom stereocenters. The Morgan fingerprint density at radius 1 is 1.04 bits per heavy atom. The van der Waals surface area contributed by atoms with Gasteiger partial charge in [0.1, 0.15) is 10.6 Å². The summed E-state index contributed by atoms with van der Waals surface area (Å²) in [4.78, 5) is 2.52. The summed E-state index contributed by atoms with van der Waals surface area (Å²) in [6.45, 7) is 3.98. The van der Waals surface area contributed by atoms with Gasteiger partial charge in [-0.25, -0.2) is 0 Å². The number of rotatable bonds is 5. The zero-order valence-corrected chi connectivity index (χ0v) is 16.2. The smallest absolute Gasteiger partial charge is 0.295 e. The van der Waals surface area contributed by atoms with Crippen LogP contribution in [0.1, 0.15) is 30.4 Å². The first-order valence-electron chi connectivity index (χ1n) is 9.40. The summed E-state index contributed by atoms with van der Waals surface area (Å²) in [5, 5.41) is 4.19. The lowest BCUT2D eigenvalue weighted by molar-refractivity contribution is 0.0818. The van der Waals surface area contributed by atoms with Crippen LogP contribution in [0.5, 0.6) is 0 Å². The zero-order chi connectivity index (χ0) is 18.9. The van der Waals surface area contributed by atoms with Crippen LogP contribution in [-0.4, -0.2) is 38.2 Å². The molecule has 2 aromatic carbocycles. The molecule has 5 rings (SSSR count). The second kappa shape index (κ2) is 7.44. The van der Waals surface area contributed by atoms with Crippen molar-refractivity contribution in [1.29, 1.82) is 0 Å². The Hall–Kier alpha value is -2.18. The van der Waals surface area contributed by atoms with Gasteiger partial charge in [0.15, 0.2) is 0 Å². The number of hydrogen-bond donors (Lipinski definition) is 0. The fourth-order valence-electron chi connectivity index (χ4n) is 4.00. The molecule has 0 N–H and O–H groups in total. The quantitative estimate of drug-likeness (QED) is 0.584. The molecule has 142 valence electrons. The van der Waals surface area contributed by atoms with Crippen molar-refractivity contribution in [3.05, 3.63) is 65.7 Å². The largest absolute Gasteiger partial charge is 0.358 e. The van der Waals surface area contributed by atoms with E-state index in [1.54, 1.807) is 24.3 Å². The summed E-state index contributed by atoms with van der Waals surface area (Å²) in [6.07, 6.45) is 3.42. The molecule has 0 amide bonds. The summed E-state index contributed by atoms with van der Waals surface area (Å²) in [6, 6.07) is 16.5. The van der Waals surface area contributed by atoms with E-state index in [-0.39, 0.29) is 10.9 Å². The molecule has 0 radical (unpaired) electrons. The number of oxime groups is 1. The molecule has 3 fully saturated rings. The van der Waals surface area contributed by atoms with Crippen LogP contribution in [0.15, 0.2) is 64.6 Å². The van der Waals surface area contributed by atoms with E-state index in [1.165, 1.54) is 12.8 Å². The molecule has 3 aliphatic rings. The van der Waals surface area contributed by atoms with Gasteiger partial charge < -0.3 is 0 Å². The molecule has 0 aromatic heterocycles. The van der Waals surface area contributed by atoms with E-state index in [9.17, 15) is 8.42 Å². The summed E-state index contributed by atoms with van der Waals surface area (Å²) in [5.41, 5.74) is 2.61. The second-order valence-electron chi connectivity index (χ2n) is 7.42. The second-order valence-corrected chi connectivity index (χ2v) is 8.94. The van der Waals surface area contributed by atoms with Crippen molar-refractivity contribution in [2.45, 2.75) is 37.1 Å². The standard InChI is InChI=1S/C21H24N2O3S/c1-16-7-9-19(10-8-16)27(24,25)26-22-21(18-5-3-2-4-6-18)20-15-17-11-13-23(20)14-12-17/h2-10,17,20H,11-15H2,1H3. The molecule has 6 heteroatoms. The van der Waals surface area contributed by atoms with Crippen LogP contribution in [0.25, 0.3) is 0 Å². The van der Waals surface area contributed by atoms with Gasteiger partial charge >= 0.3 is 10.1 Å². The minimum atomic E-state index is -3.94. The van der Waals surface area contributed by atoms with E-state index >= 15 is 0 Å². The van der Waals surface area contributed by atoms with Gasteiger partial charge in [0, 0.05) is 5.56 Å². The molecule has 0 spiro atoms. The Balaban J connectivity index is 1.65. The number of aryl methyl sites for hydroxylation is 1. The monoisotopic (exact) mass is 384 g/mol. The number of nitrogens with zero attached hydrogens (tertiary/aromatic N) is 2. The van der Waals surface area contributed by atoms with Crippen LogP contribution in [0.2, 0.25) is 0 Å². The average molecular weight is 385 g/mol. The van der Waals surface area contributed by atoms with E-state index in [0.717, 1.165) is 30.6 Å². The molecule has 3 heterocycles. The Bertz CT molecular complexity index is 916. The van der Waals surface area contributed by atoms with Crippen LogP contribution in [-0.2, 0) is 14.4 Å². The maximum Gasteiger partial charge on any atom is 0.358 e. The Morgan fingerprint density at radius 3 is 2.30 bits per heavy atom. The third-order valence-corrected chi connectivity index (χ3v) is 6.70. The van der Waals surface area contributed by atoms with Crippen LogP contribution >= 0.6 is 0 Å². The maximum atomic E-state index is 12.6. The Kier molecular flexibility index (Phi) is 5.02. The van der Waals surface area contributed by atoms with Crippen LogP contribution in [0.3, 0.4) is 0 Å². The number of benzene rings is 2. The van der Waals surface area contributed by atoms with Gasteiger partial charge in [-0.05, 0) is 57.3 Å². The highest BCUT2D eigenvalue weighted by Gasteiger charge is 2.37. The number of hydrogen-bond acceptors (Lipinski definition) is 5. The topological polar surface area (TPSA) is 59.0 Å². The molecule has 0 aliphatic carbocycles. The van der Waals surface area contributed by atoms with Gasteiger partial charge in [0.2, 0.25) is 0 Å². The van der Waals surface area contributed by atoms with Crippen LogP contribution in [0.4, 0.5) is 0 Å². The van der Waals surface area contributed by atoms with Crippen molar-refractivity contribution >= 4 is 15.8 Å². The fourth-order valence-corrected chi connectivity index (χ4v) is 4.74. The van der Waals surface area contributed by atoms with Gasteiger partial charge in [-0.15, -0.1) is 0 Å². The lowest BCUT2D eigenvalue weighted by atomic mass is 9.80. The molecule has 3 saturated heterocycles. The minimum absolute atomic E-state index is 0.105. The van der Waals surface area contributed by atoms with Crippen molar-refractivity contribution in [3.8, 4) is 0 Å². The van der Waals surface area contributed by atoms with Gasteiger partial charge in [-0.3, -0.25) is 9.18 Å². The van der Waals surface area contributed by atoms with Crippen LogP contribution in [0, 0.1) is 12.8 Å². The lowest BCUT2D eigenvalue weighted by Crippen LogP contribution is -2.52. The Morgan fingerprint density at radius 2 is 1.70 bits per heavy atom. The summed E-state index contributed by atoms with van der Waals surface area (Å²) < 4.78 is 30.3. The number of fused-ring (bicyclic) bond motifs is 3. The van der Waals surface area contributed by atoms with E-state index in [2.05, 4.69) is 10.1 Å². The molecule has 2 aromatic rings. The first-order valence-corrected chi connectivity index (χ1v) is 10.8. The molecule has 27 heavy (non-hydrogen) atoms. The van der Waals surface area contributed by atoms with E-state index in [1.807, 2.05) is 37.3 Å². The molecule has 5 nitrogen and oxygen atoms in total. The Labute approximate surface area is 160 Å². The molecular weight excluding hydrogens is 360 g/mol. The first kappa shape index (κ1) is 18.2. The predicted molar refractivity (Wildman–Crippen MR) is 105 cm³/mol. The highest BCUT2D eigenvalue weighted by molar-refractivity contribution is 7.86. The summed E-state index contributed by atoms with van der Waals surface area (Å²) >= 11 is 0. The van der Waals surface area contributed by atoms with Crippen molar-refractivity contribution in [3.63, 3.8) is 0 Å². The van der Waals surface area contributed by atoms with Crippen molar-refractivity contribution in [1.82, 2.24) is 4.90 Å². The number of piperidine rings is 3. The SMILES string of the molecule is Cc1ccc(S(=O)(=O)ON=C(c2ccccc2)C2CC3CCN2CC3)cc1. The van der Waals surface area contributed by atoms with E-state index < -0.39 is 10.1 Å². The minimum Gasteiger partial charge on any atom is -0.295 e. The van der Waals surface area contributed by atoms with Crippen molar-refractivity contribution < 1.29 is 12.7 Å². The highest BCUT2D eigenvalue weighted by Crippen LogP contribution is 2.33. The van der Waals surface area contributed by atoms with Crippen LogP contribution < -0.4 is 0 Å². The first-order chi connectivity index (χ1) is 13.0. The third-order valence-electron chi connectivity index (χ3n) is 5.58.